The van der Waals surface area contributed by atoms with Gasteiger partial charge in [0.1, 0.15) is 0 Å². The lowest BCUT2D eigenvalue weighted by Gasteiger charge is -2.31. The molecule has 0 aromatic heterocycles. The minimum absolute atomic E-state index is 0.0335. The highest BCUT2D eigenvalue weighted by atomic mass is 16.3. The number of amides is 1. The molecule has 0 unspecified atom stereocenters. The van der Waals surface area contributed by atoms with E-state index in [-0.39, 0.29) is 24.0 Å². The quantitative estimate of drug-likeness (QED) is 0.652. The number of aliphatic hydroxyl groups excluding tert-OH is 1. The molecule has 100 valence electrons. The van der Waals surface area contributed by atoms with Gasteiger partial charge >= 0.3 is 0 Å². The standard InChI is InChI=1S/C13H26N2O2/c1-3-13(4-2,10-16)9-15-12(17)11-7-5-6-8-14-11/h11,14,16H,3-10H2,1-2H3,(H,15,17)/t11-/m1/s1. The average Bonchev–Trinajstić information content (AvgIpc) is 2.41. The van der Waals surface area contributed by atoms with Crippen LogP contribution >= 0.6 is 0 Å². The number of rotatable bonds is 6. The summed E-state index contributed by atoms with van der Waals surface area (Å²) in [6.45, 7) is 5.77. The van der Waals surface area contributed by atoms with Crippen molar-refractivity contribution in [3.05, 3.63) is 0 Å². The monoisotopic (exact) mass is 242 g/mol. The minimum Gasteiger partial charge on any atom is -0.396 e. The summed E-state index contributed by atoms with van der Waals surface area (Å²) in [6.07, 6.45) is 4.99. The van der Waals surface area contributed by atoms with Crippen LogP contribution in [0, 0.1) is 5.41 Å². The fourth-order valence-corrected chi connectivity index (χ4v) is 2.25. The number of hydrogen-bond acceptors (Lipinski definition) is 3. The third-order valence-electron chi connectivity index (χ3n) is 4.10. The molecule has 1 atom stereocenters. The molecule has 1 heterocycles. The maximum absolute atomic E-state index is 11.9. The van der Waals surface area contributed by atoms with E-state index in [0.29, 0.717) is 6.54 Å². The summed E-state index contributed by atoms with van der Waals surface area (Å²) < 4.78 is 0. The third kappa shape index (κ3) is 3.96. The van der Waals surface area contributed by atoms with Gasteiger partial charge in [0.2, 0.25) is 5.91 Å². The van der Waals surface area contributed by atoms with Crippen LogP contribution in [-0.4, -0.2) is 36.8 Å². The number of piperidine rings is 1. The van der Waals surface area contributed by atoms with Crippen molar-refractivity contribution in [2.75, 3.05) is 19.7 Å². The first-order valence-electron chi connectivity index (χ1n) is 6.79. The summed E-state index contributed by atoms with van der Waals surface area (Å²) in [4.78, 5) is 11.9. The Hall–Kier alpha value is -0.610. The number of hydrogen-bond donors (Lipinski definition) is 3. The van der Waals surface area contributed by atoms with Gasteiger partial charge in [0, 0.05) is 12.0 Å². The Morgan fingerprint density at radius 2 is 2.12 bits per heavy atom. The minimum atomic E-state index is -0.148. The summed E-state index contributed by atoms with van der Waals surface area (Å²) in [5.41, 5.74) is -0.148. The molecule has 1 amide bonds. The van der Waals surface area contributed by atoms with Crippen molar-refractivity contribution < 1.29 is 9.90 Å². The molecule has 17 heavy (non-hydrogen) atoms. The van der Waals surface area contributed by atoms with Crippen LogP contribution in [0.25, 0.3) is 0 Å². The molecule has 4 heteroatoms. The molecule has 1 aliphatic rings. The van der Waals surface area contributed by atoms with E-state index in [1.165, 1.54) is 0 Å². The lowest BCUT2D eigenvalue weighted by molar-refractivity contribution is -0.124. The van der Waals surface area contributed by atoms with Crippen LogP contribution in [0.1, 0.15) is 46.0 Å². The molecule has 0 bridgehead atoms. The number of nitrogens with one attached hydrogen (secondary N) is 2. The van der Waals surface area contributed by atoms with Gasteiger partial charge in [0.05, 0.1) is 12.6 Å². The van der Waals surface area contributed by atoms with Crippen molar-refractivity contribution in [2.24, 2.45) is 5.41 Å². The molecule has 1 rings (SSSR count). The summed E-state index contributed by atoms with van der Waals surface area (Å²) >= 11 is 0. The zero-order chi connectivity index (χ0) is 12.7. The first kappa shape index (κ1) is 14.5. The highest BCUT2D eigenvalue weighted by molar-refractivity contribution is 5.81. The summed E-state index contributed by atoms with van der Waals surface area (Å²) in [6, 6.07) is -0.0335. The largest absolute Gasteiger partial charge is 0.396 e. The van der Waals surface area contributed by atoms with Crippen LogP contribution in [0.4, 0.5) is 0 Å². The average molecular weight is 242 g/mol. The van der Waals surface area contributed by atoms with Gasteiger partial charge < -0.3 is 15.7 Å². The zero-order valence-corrected chi connectivity index (χ0v) is 11.1. The van der Waals surface area contributed by atoms with E-state index in [1.54, 1.807) is 0 Å². The van der Waals surface area contributed by atoms with Crippen molar-refractivity contribution in [3.8, 4) is 0 Å². The van der Waals surface area contributed by atoms with Crippen LogP contribution in [0.5, 0.6) is 0 Å². The van der Waals surface area contributed by atoms with Gasteiger partial charge in [-0.1, -0.05) is 20.3 Å². The van der Waals surface area contributed by atoms with E-state index in [1.807, 2.05) is 0 Å². The number of carbonyl (C=O) groups is 1. The van der Waals surface area contributed by atoms with E-state index in [4.69, 9.17) is 0 Å². The second-order valence-corrected chi connectivity index (χ2v) is 5.09. The molecule has 1 saturated heterocycles. The highest BCUT2D eigenvalue weighted by Gasteiger charge is 2.27. The first-order chi connectivity index (χ1) is 8.17. The molecular weight excluding hydrogens is 216 g/mol. The Balaban J connectivity index is 2.40. The van der Waals surface area contributed by atoms with Crippen LogP contribution in [0.15, 0.2) is 0 Å². The molecule has 0 aromatic carbocycles. The number of aliphatic hydroxyl groups is 1. The van der Waals surface area contributed by atoms with E-state index < -0.39 is 0 Å². The SMILES string of the molecule is CCC(CC)(CO)CNC(=O)[C@H]1CCCCN1. The number of carbonyl (C=O) groups excluding carboxylic acids is 1. The van der Waals surface area contributed by atoms with Crippen molar-refractivity contribution in [2.45, 2.75) is 52.0 Å². The van der Waals surface area contributed by atoms with Crippen LogP contribution in [0.2, 0.25) is 0 Å². The van der Waals surface area contributed by atoms with E-state index in [2.05, 4.69) is 24.5 Å². The Morgan fingerprint density at radius 3 is 2.59 bits per heavy atom. The van der Waals surface area contributed by atoms with Gasteiger partial charge in [-0.3, -0.25) is 4.79 Å². The third-order valence-corrected chi connectivity index (χ3v) is 4.10. The lowest BCUT2D eigenvalue weighted by atomic mass is 9.83. The second-order valence-electron chi connectivity index (χ2n) is 5.09. The van der Waals surface area contributed by atoms with Crippen molar-refractivity contribution >= 4 is 5.91 Å². The molecule has 0 saturated carbocycles. The lowest BCUT2D eigenvalue weighted by Crippen LogP contribution is -2.49. The van der Waals surface area contributed by atoms with Gasteiger partial charge in [0.25, 0.3) is 0 Å². The van der Waals surface area contributed by atoms with Gasteiger partial charge in [-0.25, -0.2) is 0 Å². The molecular formula is C13H26N2O2. The summed E-state index contributed by atoms with van der Waals surface area (Å²) in [5.74, 6) is 0.0874. The molecule has 1 aliphatic heterocycles. The maximum Gasteiger partial charge on any atom is 0.237 e. The predicted molar refractivity (Wildman–Crippen MR) is 68.8 cm³/mol. The second kappa shape index (κ2) is 6.97. The van der Waals surface area contributed by atoms with Crippen molar-refractivity contribution in [1.29, 1.82) is 0 Å². The predicted octanol–water partition coefficient (Wildman–Crippen LogP) is 1.04. The highest BCUT2D eigenvalue weighted by Crippen LogP contribution is 2.24. The summed E-state index contributed by atoms with van der Waals surface area (Å²) in [5, 5.41) is 15.7. The molecule has 0 aliphatic carbocycles. The molecule has 3 N–H and O–H groups in total. The van der Waals surface area contributed by atoms with Crippen LogP contribution < -0.4 is 10.6 Å². The van der Waals surface area contributed by atoms with E-state index in [0.717, 1.165) is 38.6 Å². The molecule has 0 aromatic rings. The van der Waals surface area contributed by atoms with Crippen molar-refractivity contribution in [1.82, 2.24) is 10.6 Å². The van der Waals surface area contributed by atoms with E-state index >= 15 is 0 Å². The Bertz CT molecular complexity index is 225. The van der Waals surface area contributed by atoms with Gasteiger partial charge in [0.15, 0.2) is 0 Å². The van der Waals surface area contributed by atoms with Gasteiger partial charge in [-0.2, -0.15) is 0 Å². The Labute approximate surface area is 104 Å². The molecule has 4 nitrogen and oxygen atoms in total. The summed E-state index contributed by atoms with van der Waals surface area (Å²) in [7, 11) is 0. The fourth-order valence-electron chi connectivity index (χ4n) is 2.25. The topological polar surface area (TPSA) is 61.4 Å². The van der Waals surface area contributed by atoms with Gasteiger partial charge in [-0.05, 0) is 32.2 Å². The maximum atomic E-state index is 11.9. The van der Waals surface area contributed by atoms with Crippen LogP contribution in [0.3, 0.4) is 0 Å². The smallest absolute Gasteiger partial charge is 0.237 e. The van der Waals surface area contributed by atoms with E-state index in [9.17, 15) is 9.90 Å². The first-order valence-corrected chi connectivity index (χ1v) is 6.79. The van der Waals surface area contributed by atoms with Crippen molar-refractivity contribution in [3.63, 3.8) is 0 Å². The normalized spacial score (nSPS) is 21.2. The Kier molecular flexibility index (Phi) is 5.92. The van der Waals surface area contributed by atoms with Gasteiger partial charge in [-0.15, -0.1) is 0 Å². The Morgan fingerprint density at radius 1 is 1.41 bits per heavy atom. The molecule has 0 radical (unpaired) electrons. The molecule has 1 fully saturated rings. The fraction of sp³-hybridized carbons (Fsp3) is 0.923. The van der Waals surface area contributed by atoms with Crippen LogP contribution in [-0.2, 0) is 4.79 Å². The molecule has 0 spiro atoms. The zero-order valence-electron chi connectivity index (χ0n) is 11.1.